The number of nitrogens with zero attached hydrogens (tertiary/aromatic N) is 2. The highest BCUT2D eigenvalue weighted by Crippen LogP contribution is 2.18. The number of nitrogens with one attached hydrogen (secondary N) is 1. The van der Waals surface area contributed by atoms with Crippen molar-refractivity contribution in [2.75, 3.05) is 7.11 Å². The smallest absolute Gasteiger partial charge is 0.347 e. The molecule has 0 aliphatic heterocycles. The first kappa shape index (κ1) is 12.5. The van der Waals surface area contributed by atoms with Crippen LogP contribution in [-0.4, -0.2) is 27.6 Å². The van der Waals surface area contributed by atoms with Crippen LogP contribution in [0.25, 0.3) is 0 Å². The number of aromatic nitrogens is 3. The van der Waals surface area contributed by atoms with E-state index in [1.807, 2.05) is 6.92 Å². The van der Waals surface area contributed by atoms with E-state index in [-0.39, 0.29) is 12.1 Å². The first-order valence-electron chi connectivity index (χ1n) is 4.95. The van der Waals surface area contributed by atoms with Crippen LogP contribution in [-0.2, 0) is 11.8 Å². The maximum atomic E-state index is 11.8. The highest BCUT2D eigenvalue weighted by atomic mass is 16.5. The molecule has 1 rings (SSSR count). The lowest BCUT2D eigenvalue weighted by Crippen LogP contribution is -2.34. The van der Waals surface area contributed by atoms with Crippen LogP contribution in [0.5, 0.6) is 0 Å². The van der Waals surface area contributed by atoms with E-state index in [2.05, 4.69) is 11.7 Å². The molecule has 1 aromatic rings. The molecule has 0 radical (unpaired) electrons. The van der Waals surface area contributed by atoms with Crippen molar-refractivity contribution >= 4 is 0 Å². The molecule has 0 unspecified atom stereocenters. The topological polar surface area (TPSA) is 69.0 Å². The average Bonchev–Trinajstić information content (AvgIpc) is 2.46. The van der Waals surface area contributed by atoms with Gasteiger partial charge in [-0.25, -0.2) is 23.9 Å². The van der Waals surface area contributed by atoms with E-state index in [4.69, 9.17) is 4.74 Å². The summed E-state index contributed by atoms with van der Waals surface area (Å²) in [5.41, 5.74) is -0.0975. The summed E-state index contributed by atoms with van der Waals surface area (Å²) in [7, 11) is 2.97. The third kappa shape index (κ3) is 2.01. The molecule has 6 heteroatoms. The van der Waals surface area contributed by atoms with Crippen LogP contribution in [0.4, 0.5) is 0 Å². The lowest BCUT2D eigenvalue weighted by Gasteiger charge is -2.22. The molecule has 2 atom stereocenters. The van der Waals surface area contributed by atoms with Crippen molar-refractivity contribution in [2.45, 2.75) is 26.0 Å². The molecule has 6 nitrogen and oxygen atoms in total. The van der Waals surface area contributed by atoms with Crippen molar-refractivity contribution in [3.8, 4) is 0 Å². The second kappa shape index (κ2) is 4.52. The zero-order chi connectivity index (χ0) is 12.5. The summed E-state index contributed by atoms with van der Waals surface area (Å²) in [6.45, 7) is 7.42. The molecular formula is C10H17N3O3. The van der Waals surface area contributed by atoms with Gasteiger partial charge >= 0.3 is 11.4 Å². The van der Waals surface area contributed by atoms with E-state index >= 15 is 0 Å². The monoisotopic (exact) mass is 227 g/mol. The van der Waals surface area contributed by atoms with Crippen LogP contribution in [0.2, 0.25) is 0 Å². The summed E-state index contributed by atoms with van der Waals surface area (Å²) < 4.78 is 7.44. The van der Waals surface area contributed by atoms with Crippen LogP contribution in [0.3, 0.4) is 0 Å². The molecule has 1 aromatic heterocycles. The minimum Gasteiger partial charge on any atom is -0.379 e. The molecule has 0 saturated heterocycles. The van der Waals surface area contributed by atoms with Crippen LogP contribution in [0.15, 0.2) is 21.7 Å². The Labute approximate surface area is 93.1 Å². The van der Waals surface area contributed by atoms with Gasteiger partial charge in [0, 0.05) is 14.2 Å². The van der Waals surface area contributed by atoms with E-state index in [0.717, 1.165) is 10.1 Å². The summed E-state index contributed by atoms with van der Waals surface area (Å²) >= 11 is 0. The zero-order valence-electron chi connectivity index (χ0n) is 9.98. The number of methoxy groups -OCH3 is 1. The molecule has 0 saturated carbocycles. The molecule has 0 amide bonds. The Bertz CT molecular complexity index is 494. The lowest BCUT2D eigenvalue weighted by molar-refractivity contribution is 0.0779. The molecule has 0 aliphatic rings. The van der Waals surface area contributed by atoms with Gasteiger partial charge in [0.15, 0.2) is 0 Å². The Kier molecular flexibility index (Phi) is 3.54. The van der Waals surface area contributed by atoms with Gasteiger partial charge in [-0.3, -0.25) is 0 Å². The highest BCUT2D eigenvalue weighted by molar-refractivity contribution is 5.02. The summed E-state index contributed by atoms with van der Waals surface area (Å²) in [5, 5.41) is 2.48. The summed E-state index contributed by atoms with van der Waals surface area (Å²) in [6.07, 6.45) is -0.242. The zero-order valence-corrected chi connectivity index (χ0v) is 9.98. The minimum absolute atomic E-state index is 0.242. The summed E-state index contributed by atoms with van der Waals surface area (Å²) in [5.74, 6) is 0. The van der Waals surface area contributed by atoms with E-state index in [9.17, 15) is 9.59 Å². The third-order valence-electron chi connectivity index (χ3n) is 2.61. The minimum atomic E-state index is -0.445. The van der Waals surface area contributed by atoms with E-state index in [1.165, 1.54) is 11.7 Å². The third-order valence-corrected chi connectivity index (χ3v) is 2.61. The van der Waals surface area contributed by atoms with Gasteiger partial charge in [-0.05, 0) is 13.8 Å². The first-order chi connectivity index (χ1) is 7.40. The van der Waals surface area contributed by atoms with Crippen LogP contribution in [0.1, 0.15) is 19.9 Å². The normalized spacial score (nSPS) is 14.8. The van der Waals surface area contributed by atoms with Gasteiger partial charge in [0.05, 0.1) is 6.10 Å². The van der Waals surface area contributed by atoms with E-state index in [0.29, 0.717) is 0 Å². The number of ether oxygens (including phenoxy) is 1. The molecule has 0 aliphatic carbocycles. The molecule has 0 spiro atoms. The number of hydrogen-bond donors (Lipinski definition) is 1. The molecule has 1 heterocycles. The van der Waals surface area contributed by atoms with Crippen molar-refractivity contribution in [3.63, 3.8) is 0 Å². The molecule has 0 bridgehead atoms. The van der Waals surface area contributed by atoms with Crippen molar-refractivity contribution in [1.29, 1.82) is 0 Å². The van der Waals surface area contributed by atoms with Gasteiger partial charge in [0.1, 0.15) is 6.04 Å². The van der Waals surface area contributed by atoms with E-state index in [1.54, 1.807) is 14.0 Å². The lowest BCUT2D eigenvalue weighted by atomic mass is 10.1. The Hall–Kier alpha value is -1.56. The Balaban J connectivity index is 3.33. The van der Waals surface area contributed by atoms with Crippen LogP contribution < -0.4 is 11.4 Å². The van der Waals surface area contributed by atoms with Gasteiger partial charge in [0.2, 0.25) is 0 Å². The largest absolute Gasteiger partial charge is 0.379 e. The van der Waals surface area contributed by atoms with Crippen molar-refractivity contribution in [3.05, 3.63) is 33.1 Å². The Morgan fingerprint density at radius 3 is 2.38 bits per heavy atom. The van der Waals surface area contributed by atoms with Crippen molar-refractivity contribution in [2.24, 2.45) is 7.05 Å². The standard InChI is InChI=1S/C10H17N3O3/c1-6(2)8(7(3)16-5)13-10(15)12(4)9(14)11-13/h7-8H,1H2,2-5H3,(H,11,14)/t7-,8-/m0/s1. The predicted octanol–water partition coefficient (Wildman–Crippen LogP) is 0.0272. The van der Waals surface area contributed by atoms with Crippen molar-refractivity contribution in [1.82, 2.24) is 14.3 Å². The fourth-order valence-corrected chi connectivity index (χ4v) is 1.62. The quantitative estimate of drug-likeness (QED) is 0.738. The van der Waals surface area contributed by atoms with Crippen LogP contribution in [0, 0.1) is 0 Å². The second-order valence-corrected chi connectivity index (χ2v) is 3.86. The number of H-pyrrole nitrogens is 1. The fraction of sp³-hybridized carbons (Fsp3) is 0.600. The maximum Gasteiger partial charge on any atom is 0.347 e. The summed E-state index contributed by atoms with van der Waals surface area (Å²) in [4.78, 5) is 23.1. The van der Waals surface area contributed by atoms with Gasteiger partial charge in [-0.1, -0.05) is 12.2 Å². The number of rotatable bonds is 4. The first-order valence-corrected chi connectivity index (χ1v) is 4.95. The van der Waals surface area contributed by atoms with E-state index < -0.39 is 11.4 Å². The number of hydrogen-bond acceptors (Lipinski definition) is 3. The Morgan fingerprint density at radius 2 is 2.06 bits per heavy atom. The molecule has 90 valence electrons. The fourth-order valence-electron chi connectivity index (χ4n) is 1.62. The van der Waals surface area contributed by atoms with Crippen molar-refractivity contribution < 1.29 is 4.74 Å². The molecule has 16 heavy (non-hydrogen) atoms. The molecule has 1 N–H and O–H groups in total. The Morgan fingerprint density at radius 1 is 1.50 bits per heavy atom. The van der Waals surface area contributed by atoms with Gasteiger partial charge in [-0.15, -0.1) is 0 Å². The highest BCUT2D eigenvalue weighted by Gasteiger charge is 2.23. The predicted molar refractivity (Wildman–Crippen MR) is 60.6 cm³/mol. The number of aromatic amines is 1. The van der Waals surface area contributed by atoms with Gasteiger partial charge in [-0.2, -0.15) is 0 Å². The summed E-state index contributed by atoms with van der Waals surface area (Å²) in [6, 6.07) is -0.369. The average molecular weight is 227 g/mol. The van der Waals surface area contributed by atoms with Gasteiger partial charge < -0.3 is 4.74 Å². The second-order valence-electron chi connectivity index (χ2n) is 3.86. The molecular weight excluding hydrogens is 210 g/mol. The maximum absolute atomic E-state index is 11.8. The van der Waals surface area contributed by atoms with Gasteiger partial charge in [0.25, 0.3) is 0 Å². The molecule has 0 fully saturated rings. The molecule has 0 aromatic carbocycles. The SMILES string of the molecule is C=C(C)[C@@H]([C@H](C)OC)n1[nH]c(=O)n(C)c1=O. The van der Waals surface area contributed by atoms with Crippen LogP contribution >= 0.6 is 0 Å².